The highest BCUT2D eigenvalue weighted by Crippen LogP contribution is 2.22. The number of thiophene rings is 1. The quantitative estimate of drug-likeness (QED) is 0.775. The van der Waals surface area contributed by atoms with Gasteiger partial charge in [-0.1, -0.05) is 22.0 Å². The van der Waals surface area contributed by atoms with Crippen LogP contribution in [0.2, 0.25) is 0 Å². The predicted octanol–water partition coefficient (Wildman–Crippen LogP) is 2.66. The molecule has 2 aromatic rings. The lowest BCUT2D eigenvalue weighted by atomic mass is 10.2. The minimum absolute atomic E-state index is 0.0642. The Morgan fingerprint density at radius 1 is 1.04 bits per heavy atom. The molecule has 0 atom stereocenters. The number of carbonyl (C=O) groups is 1. The molecule has 0 saturated carbocycles. The summed E-state index contributed by atoms with van der Waals surface area (Å²) in [5.74, 6) is -0.0642. The summed E-state index contributed by atoms with van der Waals surface area (Å²) < 4.78 is 27.6. The van der Waals surface area contributed by atoms with E-state index in [0.717, 1.165) is 4.47 Å². The fourth-order valence-electron chi connectivity index (χ4n) is 2.44. The molecule has 1 aromatic heterocycles. The van der Waals surface area contributed by atoms with Gasteiger partial charge >= 0.3 is 0 Å². The van der Waals surface area contributed by atoms with Crippen LogP contribution in [0.15, 0.2) is 50.5 Å². The number of carbonyl (C=O) groups excluding carboxylic acids is 1. The summed E-state index contributed by atoms with van der Waals surface area (Å²) in [6, 6.07) is 10.5. The van der Waals surface area contributed by atoms with E-state index < -0.39 is 10.0 Å². The molecule has 0 unspecified atom stereocenters. The minimum atomic E-state index is -3.43. The normalized spacial score (nSPS) is 16.5. The van der Waals surface area contributed by atoms with Gasteiger partial charge in [-0.05, 0) is 35.7 Å². The number of nitrogens with zero attached hydrogens (tertiary/aromatic N) is 2. The van der Waals surface area contributed by atoms with E-state index in [-0.39, 0.29) is 5.91 Å². The first-order valence-electron chi connectivity index (χ1n) is 7.07. The van der Waals surface area contributed by atoms with Crippen LogP contribution < -0.4 is 0 Å². The van der Waals surface area contributed by atoms with Gasteiger partial charge in [-0.3, -0.25) is 4.79 Å². The van der Waals surface area contributed by atoms with Gasteiger partial charge in [-0.2, -0.15) is 4.31 Å². The van der Waals surface area contributed by atoms with Gasteiger partial charge in [0.1, 0.15) is 4.21 Å². The molecule has 1 aromatic carbocycles. The Balaban J connectivity index is 1.67. The van der Waals surface area contributed by atoms with Crippen molar-refractivity contribution in [1.29, 1.82) is 0 Å². The van der Waals surface area contributed by atoms with Gasteiger partial charge < -0.3 is 4.90 Å². The van der Waals surface area contributed by atoms with Crippen molar-refractivity contribution >= 4 is 43.2 Å². The molecule has 3 rings (SSSR count). The van der Waals surface area contributed by atoms with Crippen LogP contribution >= 0.6 is 27.3 Å². The van der Waals surface area contributed by atoms with Crippen LogP contribution in [-0.4, -0.2) is 49.7 Å². The lowest BCUT2D eigenvalue weighted by molar-refractivity contribution is 0.0698. The fourth-order valence-corrected chi connectivity index (χ4v) is 5.28. The minimum Gasteiger partial charge on any atom is -0.336 e. The van der Waals surface area contributed by atoms with Gasteiger partial charge in [-0.15, -0.1) is 11.3 Å². The molecule has 0 bridgehead atoms. The average Bonchev–Trinajstić information content (AvgIpc) is 3.10. The summed E-state index contributed by atoms with van der Waals surface area (Å²) in [6.45, 7) is 1.45. The molecule has 122 valence electrons. The molecular weight excluding hydrogens is 400 g/mol. The SMILES string of the molecule is O=C(c1ccc(Br)cc1)N1CCN(S(=O)(=O)c2cccs2)CC1. The first kappa shape index (κ1) is 16.6. The molecule has 0 N–H and O–H groups in total. The van der Waals surface area contributed by atoms with Crippen molar-refractivity contribution in [3.8, 4) is 0 Å². The zero-order chi connectivity index (χ0) is 16.4. The zero-order valence-corrected chi connectivity index (χ0v) is 15.4. The van der Waals surface area contributed by atoms with E-state index in [1.54, 1.807) is 34.5 Å². The maximum absolute atomic E-state index is 12.5. The highest BCUT2D eigenvalue weighted by molar-refractivity contribution is 9.10. The molecular formula is C15H15BrN2O3S2. The van der Waals surface area contributed by atoms with E-state index in [4.69, 9.17) is 0 Å². The van der Waals surface area contributed by atoms with Crippen molar-refractivity contribution < 1.29 is 13.2 Å². The molecule has 1 fully saturated rings. The number of amides is 1. The summed E-state index contributed by atoms with van der Waals surface area (Å²) in [5, 5.41) is 1.75. The molecule has 0 radical (unpaired) electrons. The molecule has 1 aliphatic heterocycles. The number of benzene rings is 1. The maximum Gasteiger partial charge on any atom is 0.253 e. The zero-order valence-electron chi connectivity index (χ0n) is 12.2. The Kier molecular flexibility index (Phi) is 4.86. The largest absolute Gasteiger partial charge is 0.336 e. The third kappa shape index (κ3) is 3.50. The average molecular weight is 415 g/mol. The van der Waals surface area contributed by atoms with E-state index in [1.165, 1.54) is 15.6 Å². The Morgan fingerprint density at radius 2 is 1.70 bits per heavy atom. The van der Waals surface area contributed by atoms with E-state index in [1.807, 2.05) is 12.1 Å². The second-order valence-electron chi connectivity index (χ2n) is 5.14. The van der Waals surface area contributed by atoms with Crippen LogP contribution in [0, 0.1) is 0 Å². The summed E-state index contributed by atoms with van der Waals surface area (Å²) in [5.41, 5.74) is 0.614. The molecule has 1 aliphatic rings. The number of hydrogen-bond acceptors (Lipinski definition) is 4. The molecule has 23 heavy (non-hydrogen) atoms. The van der Waals surface area contributed by atoms with Crippen molar-refractivity contribution in [2.75, 3.05) is 26.2 Å². The summed E-state index contributed by atoms with van der Waals surface area (Å²) in [4.78, 5) is 14.1. The molecule has 1 saturated heterocycles. The van der Waals surface area contributed by atoms with Crippen LogP contribution in [0.1, 0.15) is 10.4 Å². The van der Waals surface area contributed by atoms with Crippen LogP contribution in [0.3, 0.4) is 0 Å². The summed E-state index contributed by atoms with van der Waals surface area (Å²) in [6.07, 6.45) is 0. The Bertz CT molecular complexity index is 781. The maximum atomic E-state index is 12.5. The van der Waals surface area contributed by atoms with Gasteiger partial charge in [-0.25, -0.2) is 8.42 Å². The Labute approximate surface area is 147 Å². The van der Waals surface area contributed by atoms with Crippen molar-refractivity contribution in [2.24, 2.45) is 0 Å². The van der Waals surface area contributed by atoms with Crippen LogP contribution in [0.5, 0.6) is 0 Å². The monoisotopic (exact) mass is 414 g/mol. The first-order chi connectivity index (χ1) is 11.0. The number of hydrogen-bond donors (Lipinski definition) is 0. The number of piperazine rings is 1. The molecule has 1 amide bonds. The lowest BCUT2D eigenvalue weighted by Crippen LogP contribution is -2.50. The van der Waals surface area contributed by atoms with Crippen molar-refractivity contribution in [3.63, 3.8) is 0 Å². The van der Waals surface area contributed by atoms with Crippen molar-refractivity contribution in [2.45, 2.75) is 4.21 Å². The summed E-state index contributed by atoms with van der Waals surface area (Å²) >= 11 is 4.56. The fraction of sp³-hybridized carbons (Fsp3) is 0.267. The lowest BCUT2D eigenvalue weighted by Gasteiger charge is -2.33. The number of sulfonamides is 1. The topological polar surface area (TPSA) is 57.7 Å². The van der Waals surface area contributed by atoms with Gasteiger partial charge in [0.15, 0.2) is 0 Å². The number of rotatable bonds is 3. The molecule has 2 heterocycles. The summed E-state index contributed by atoms with van der Waals surface area (Å²) in [7, 11) is -3.43. The van der Waals surface area contributed by atoms with Crippen LogP contribution in [-0.2, 0) is 10.0 Å². The third-order valence-corrected chi connectivity index (χ3v) is 7.51. The molecule has 8 heteroatoms. The van der Waals surface area contributed by atoms with Crippen LogP contribution in [0.25, 0.3) is 0 Å². The third-order valence-electron chi connectivity index (χ3n) is 3.71. The second-order valence-corrected chi connectivity index (χ2v) is 9.16. The van der Waals surface area contributed by atoms with Gasteiger partial charge in [0.25, 0.3) is 15.9 Å². The second kappa shape index (κ2) is 6.72. The van der Waals surface area contributed by atoms with Gasteiger partial charge in [0, 0.05) is 36.2 Å². The van der Waals surface area contributed by atoms with Crippen molar-refractivity contribution in [1.82, 2.24) is 9.21 Å². The van der Waals surface area contributed by atoms with Crippen LogP contribution in [0.4, 0.5) is 0 Å². The van der Waals surface area contributed by atoms with E-state index in [2.05, 4.69) is 15.9 Å². The highest BCUT2D eigenvalue weighted by Gasteiger charge is 2.30. The van der Waals surface area contributed by atoms with E-state index in [0.29, 0.717) is 36.0 Å². The Morgan fingerprint density at radius 3 is 2.26 bits per heavy atom. The smallest absolute Gasteiger partial charge is 0.253 e. The molecule has 0 spiro atoms. The van der Waals surface area contributed by atoms with Crippen molar-refractivity contribution in [3.05, 3.63) is 51.8 Å². The van der Waals surface area contributed by atoms with Gasteiger partial charge in [0.05, 0.1) is 0 Å². The van der Waals surface area contributed by atoms with E-state index >= 15 is 0 Å². The Hall–Kier alpha value is -1.22. The predicted molar refractivity (Wildman–Crippen MR) is 93.1 cm³/mol. The standard InChI is InChI=1S/C15H15BrN2O3S2/c16-13-5-3-12(4-6-13)15(19)17-7-9-18(10-8-17)23(20,21)14-2-1-11-22-14/h1-6,11H,7-10H2. The molecule has 0 aliphatic carbocycles. The molecule has 5 nitrogen and oxygen atoms in total. The number of halogens is 1. The van der Waals surface area contributed by atoms with E-state index in [9.17, 15) is 13.2 Å². The first-order valence-corrected chi connectivity index (χ1v) is 10.2. The van der Waals surface area contributed by atoms with Gasteiger partial charge in [0.2, 0.25) is 0 Å². The highest BCUT2D eigenvalue weighted by atomic mass is 79.9.